The van der Waals surface area contributed by atoms with Gasteiger partial charge in [0.15, 0.2) is 0 Å². The first-order valence-electron chi connectivity index (χ1n) is 5.54. The van der Waals surface area contributed by atoms with E-state index in [0.29, 0.717) is 11.6 Å². The Morgan fingerprint density at radius 3 is 2.60 bits per heavy atom. The summed E-state index contributed by atoms with van der Waals surface area (Å²) in [6.07, 6.45) is 2.77. The van der Waals surface area contributed by atoms with Crippen molar-refractivity contribution < 1.29 is 21.6 Å². The van der Waals surface area contributed by atoms with Crippen LogP contribution in [0.3, 0.4) is 0 Å². The van der Waals surface area contributed by atoms with Gasteiger partial charge >= 0.3 is 0 Å². The maximum absolute atomic E-state index is 13.6. The van der Waals surface area contributed by atoms with E-state index in [1.54, 1.807) is 6.07 Å². The topological polar surface area (TPSA) is 76.5 Å². The number of nitrogens with two attached hydrogens (primary N) is 1. The molecule has 8 heteroatoms. The van der Waals surface area contributed by atoms with Gasteiger partial charge in [-0.1, -0.05) is 0 Å². The molecule has 0 radical (unpaired) electrons. The van der Waals surface area contributed by atoms with Gasteiger partial charge in [-0.3, -0.25) is 0 Å². The van der Waals surface area contributed by atoms with E-state index in [-0.39, 0.29) is 6.54 Å². The minimum Gasteiger partial charge on any atom is -0.472 e. The summed E-state index contributed by atoms with van der Waals surface area (Å²) in [4.78, 5) is -0.664. The van der Waals surface area contributed by atoms with Gasteiger partial charge in [0, 0.05) is 25.2 Å². The summed E-state index contributed by atoms with van der Waals surface area (Å²) in [5.74, 6) is -2.19. The highest BCUT2D eigenvalue weighted by Crippen LogP contribution is 2.24. The number of benzene rings is 1. The zero-order valence-corrected chi connectivity index (χ0v) is 11.3. The summed E-state index contributed by atoms with van der Waals surface area (Å²) in [5, 5.41) is 0. The van der Waals surface area contributed by atoms with Crippen LogP contribution in [0.5, 0.6) is 0 Å². The van der Waals surface area contributed by atoms with Crippen LogP contribution < -0.4 is 5.73 Å². The van der Waals surface area contributed by atoms with E-state index in [1.165, 1.54) is 19.6 Å². The second kappa shape index (κ2) is 5.22. The van der Waals surface area contributed by atoms with Crippen molar-refractivity contribution in [2.75, 3.05) is 12.8 Å². The van der Waals surface area contributed by atoms with E-state index in [1.807, 2.05) is 0 Å². The van der Waals surface area contributed by atoms with Crippen LogP contribution in [0, 0.1) is 11.6 Å². The number of furan rings is 1. The second-order valence-electron chi connectivity index (χ2n) is 4.20. The largest absolute Gasteiger partial charge is 0.472 e. The summed E-state index contributed by atoms with van der Waals surface area (Å²) in [6, 6.07) is 2.81. The van der Waals surface area contributed by atoms with Gasteiger partial charge in [-0.25, -0.2) is 17.2 Å². The normalized spacial score (nSPS) is 12.0. The summed E-state index contributed by atoms with van der Waals surface area (Å²) < 4.78 is 56.9. The van der Waals surface area contributed by atoms with Crippen molar-refractivity contribution >= 4 is 15.7 Å². The van der Waals surface area contributed by atoms with E-state index >= 15 is 0 Å². The lowest BCUT2D eigenvalue weighted by Gasteiger charge is -2.17. The smallest absolute Gasteiger partial charge is 0.246 e. The lowest BCUT2D eigenvalue weighted by molar-refractivity contribution is 0.456. The third kappa shape index (κ3) is 2.66. The zero-order chi connectivity index (χ0) is 14.9. The van der Waals surface area contributed by atoms with Crippen LogP contribution >= 0.6 is 0 Å². The molecule has 0 aliphatic carbocycles. The van der Waals surface area contributed by atoms with Crippen LogP contribution in [0.2, 0.25) is 0 Å². The number of hydrogen-bond acceptors (Lipinski definition) is 4. The van der Waals surface area contributed by atoms with Crippen molar-refractivity contribution in [3.63, 3.8) is 0 Å². The Kier molecular flexibility index (Phi) is 3.78. The van der Waals surface area contributed by atoms with Crippen molar-refractivity contribution in [3.8, 4) is 0 Å². The SMILES string of the molecule is CN(Cc1ccoc1)S(=O)(=O)c1cc(N)c(F)cc1F. The molecule has 5 nitrogen and oxygen atoms in total. The highest BCUT2D eigenvalue weighted by atomic mass is 32.2. The van der Waals surface area contributed by atoms with Gasteiger partial charge in [-0.15, -0.1) is 0 Å². The third-order valence-electron chi connectivity index (χ3n) is 2.72. The number of hydrogen-bond donors (Lipinski definition) is 1. The first-order chi connectivity index (χ1) is 9.32. The van der Waals surface area contributed by atoms with E-state index in [2.05, 4.69) is 0 Å². The molecule has 2 N–H and O–H groups in total. The quantitative estimate of drug-likeness (QED) is 0.876. The van der Waals surface area contributed by atoms with Gasteiger partial charge < -0.3 is 10.2 Å². The number of halogens is 2. The Labute approximate surface area is 114 Å². The molecule has 0 fully saturated rings. The van der Waals surface area contributed by atoms with Gasteiger partial charge in [0.05, 0.1) is 18.2 Å². The fourth-order valence-electron chi connectivity index (χ4n) is 1.64. The monoisotopic (exact) mass is 302 g/mol. The van der Waals surface area contributed by atoms with E-state index in [4.69, 9.17) is 10.2 Å². The highest BCUT2D eigenvalue weighted by Gasteiger charge is 2.26. The molecule has 0 saturated heterocycles. The first-order valence-corrected chi connectivity index (χ1v) is 6.98. The van der Waals surface area contributed by atoms with Gasteiger partial charge in [-0.05, 0) is 12.1 Å². The van der Waals surface area contributed by atoms with Crippen molar-refractivity contribution in [2.45, 2.75) is 11.4 Å². The summed E-state index contributed by atoms with van der Waals surface area (Å²) in [5.41, 5.74) is 5.46. The number of nitrogen functional groups attached to an aromatic ring is 1. The highest BCUT2D eigenvalue weighted by molar-refractivity contribution is 7.89. The zero-order valence-electron chi connectivity index (χ0n) is 10.5. The minimum atomic E-state index is -4.11. The van der Waals surface area contributed by atoms with Crippen LogP contribution in [-0.2, 0) is 16.6 Å². The Bertz CT molecular complexity index is 715. The molecule has 0 saturated carbocycles. The number of anilines is 1. The maximum Gasteiger partial charge on any atom is 0.246 e. The predicted molar refractivity (Wildman–Crippen MR) is 68.1 cm³/mol. The minimum absolute atomic E-state index is 0.00441. The molecule has 1 aromatic heterocycles. The van der Waals surface area contributed by atoms with Gasteiger partial charge in [0.25, 0.3) is 0 Å². The first kappa shape index (κ1) is 14.5. The fraction of sp³-hybridized carbons (Fsp3) is 0.167. The average Bonchev–Trinajstić information content (AvgIpc) is 2.86. The van der Waals surface area contributed by atoms with E-state index in [0.717, 1.165) is 10.4 Å². The molecule has 0 amide bonds. The Morgan fingerprint density at radius 1 is 1.30 bits per heavy atom. The molecule has 0 unspecified atom stereocenters. The maximum atomic E-state index is 13.6. The van der Waals surface area contributed by atoms with Crippen molar-refractivity contribution in [1.29, 1.82) is 0 Å². The number of nitrogens with zero attached hydrogens (tertiary/aromatic N) is 1. The molecule has 20 heavy (non-hydrogen) atoms. The second-order valence-corrected chi connectivity index (χ2v) is 6.21. The Balaban J connectivity index is 2.37. The van der Waals surface area contributed by atoms with Crippen LogP contribution in [-0.4, -0.2) is 19.8 Å². The van der Waals surface area contributed by atoms with Crippen molar-refractivity contribution in [2.24, 2.45) is 0 Å². The summed E-state index contributed by atoms with van der Waals surface area (Å²) in [7, 11) is -2.84. The Hall–Kier alpha value is -1.93. The number of rotatable bonds is 4. The third-order valence-corrected chi connectivity index (χ3v) is 4.54. The molecule has 2 aromatic rings. The van der Waals surface area contributed by atoms with Crippen molar-refractivity contribution in [3.05, 3.63) is 47.9 Å². The molecule has 1 aromatic carbocycles. The van der Waals surface area contributed by atoms with Gasteiger partial charge in [0.2, 0.25) is 10.0 Å². The Morgan fingerprint density at radius 2 is 2.00 bits per heavy atom. The standard InChI is InChI=1S/C12H12F2N2O3S/c1-16(6-8-2-3-19-7-8)20(17,18)12-5-11(15)9(13)4-10(12)14/h2-5,7H,6,15H2,1H3. The molecule has 0 aliphatic heterocycles. The van der Waals surface area contributed by atoms with E-state index in [9.17, 15) is 17.2 Å². The molecule has 0 spiro atoms. The van der Waals surface area contributed by atoms with Crippen LogP contribution in [0.4, 0.5) is 14.5 Å². The molecule has 0 atom stereocenters. The number of sulfonamides is 1. The summed E-state index contributed by atoms with van der Waals surface area (Å²) in [6.45, 7) is -0.00441. The molecule has 108 valence electrons. The molecular weight excluding hydrogens is 290 g/mol. The molecule has 0 aliphatic rings. The molecule has 2 rings (SSSR count). The molecule has 0 bridgehead atoms. The van der Waals surface area contributed by atoms with E-state index < -0.39 is 32.2 Å². The summed E-state index contributed by atoms with van der Waals surface area (Å²) >= 11 is 0. The molecule has 1 heterocycles. The van der Waals surface area contributed by atoms with Crippen LogP contribution in [0.1, 0.15) is 5.56 Å². The lowest BCUT2D eigenvalue weighted by atomic mass is 10.3. The predicted octanol–water partition coefficient (Wildman–Crippen LogP) is 1.96. The fourth-order valence-corrected chi connectivity index (χ4v) is 2.87. The van der Waals surface area contributed by atoms with Crippen molar-refractivity contribution in [1.82, 2.24) is 4.31 Å². The molecular formula is C12H12F2N2O3S. The van der Waals surface area contributed by atoms with Crippen LogP contribution in [0.25, 0.3) is 0 Å². The van der Waals surface area contributed by atoms with Gasteiger partial charge in [-0.2, -0.15) is 4.31 Å². The van der Waals surface area contributed by atoms with Crippen LogP contribution in [0.15, 0.2) is 40.0 Å². The lowest BCUT2D eigenvalue weighted by Crippen LogP contribution is -2.27. The van der Waals surface area contributed by atoms with Gasteiger partial charge in [0.1, 0.15) is 16.5 Å². The average molecular weight is 302 g/mol.